The fourth-order valence-electron chi connectivity index (χ4n) is 0.615. The summed E-state index contributed by atoms with van der Waals surface area (Å²) in [7, 11) is 0. The summed E-state index contributed by atoms with van der Waals surface area (Å²) in [6.07, 6.45) is 5.63. The molecule has 0 saturated heterocycles. The molecule has 0 amide bonds. The van der Waals surface area contributed by atoms with Crippen LogP contribution in [0.2, 0.25) is 0 Å². The van der Waals surface area contributed by atoms with E-state index in [9.17, 15) is 0 Å². The summed E-state index contributed by atoms with van der Waals surface area (Å²) in [6.45, 7) is 2.17. The van der Waals surface area contributed by atoms with E-state index in [-0.39, 0.29) is 12.4 Å². The second-order valence-electron chi connectivity index (χ2n) is 1.77. The van der Waals surface area contributed by atoms with Crippen LogP contribution in [0.5, 0.6) is 0 Å². The van der Waals surface area contributed by atoms with Crippen LogP contribution in [0.1, 0.15) is 13.3 Å². The molecular weight excluding hydrogens is 199 g/mol. The van der Waals surface area contributed by atoms with Crippen LogP contribution in [-0.4, -0.2) is 0 Å². The summed E-state index contributed by atoms with van der Waals surface area (Å²) in [5, 5.41) is 0. The van der Waals surface area contributed by atoms with Gasteiger partial charge in [0.15, 0.2) is 0 Å². The standard InChI is InChI=1S/C6H7.ClH.Zr/c1-6-4-2-3-5-6;;/h2,4H,3H2,1H3;1H;. The van der Waals surface area contributed by atoms with Gasteiger partial charge in [-0.2, -0.15) is 0 Å². The van der Waals surface area contributed by atoms with E-state index in [2.05, 4.69) is 19.1 Å². The van der Waals surface area contributed by atoms with E-state index in [1.165, 1.54) is 12.0 Å². The maximum absolute atomic E-state index is 2.22. The van der Waals surface area contributed by atoms with Gasteiger partial charge in [0.1, 0.15) is 0 Å². The van der Waals surface area contributed by atoms with Crippen molar-refractivity contribution in [1.29, 1.82) is 0 Å². The van der Waals surface area contributed by atoms with Gasteiger partial charge >= 0.3 is 59.1 Å². The molecule has 0 atom stereocenters. The number of rotatable bonds is 0. The first-order valence-corrected chi connectivity index (χ1v) is 3.61. The van der Waals surface area contributed by atoms with Gasteiger partial charge in [0.05, 0.1) is 0 Å². The first kappa shape index (κ1) is 8.65. The minimum atomic E-state index is 0. The zero-order chi connectivity index (χ0) is 5.28. The fourth-order valence-corrected chi connectivity index (χ4v) is 1.11. The van der Waals surface area contributed by atoms with Gasteiger partial charge in [-0.25, -0.2) is 0 Å². The second kappa shape index (κ2) is 3.64. The van der Waals surface area contributed by atoms with Gasteiger partial charge < -0.3 is 0 Å². The molecule has 0 aromatic rings. The van der Waals surface area contributed by atoms with E-state index in [1.54, 1.807) is 28.0 Å². The van der Waals surface area contributed by atoms with E-state index in [4.69, 9.17) is 0 Å². The summed E-state index contributed by atoms with van der Waals surface area (Å²) in [4.78, 5) is 0. The number of allylic oxidation sites excluding steroid dienone is 4. The Balaban J connectivity index is 0.000000490. The summed E-state index contributed by atoms with van der Waals surface area (Å²) in [5.74, 6) is 0. The van der Waals surface area contributed by atoms with Crippen molar-refractivity contribution in [2.45, 2.75) is 13.3 Å². The van der Waals surface area contributed by atoms with Gasteiger partial charge in [-0.05, 0) is 0 Å². The van der Waals surface area contributed by atoms with Crippen LogP contribution in [0.25, 0.3) is 0 Å². The third kappa shape index (κ3) is 1.87. The van der Waals surface area contributed by atoms with Crippen LogP contribution in [0.3, 0.4) is 0 Å². The zero-order valence-corrected chi connectivity index (χ0v) is 8.04. The van der Waals surface area contributed by atoms with Gasteiger partial charge in [0.2, 0.25) is 0 Å². The topological polar surface area (TPSA) is 0 Å². The van der Waals surface area contributed by atoms with Gasteiger partial charge in [0.25, 0.3) is 0 Å². The molecule has 2 heteroatoms. The molecule has 0 unspecified atom stereocenters. The molecule has 1 aliphatic rings. The van der Waals surface area contributed by atoms with E-state index in [0.29, 0.717) is 0 Å². The summed E-state index contributed by atoms with van der Waals surface area (Å²) in [6, 6.07) is 0. The third-order valence-corrected chi connectivity index (χ3v) is 2.64. The van der Waals surface area contributed by atoms with Crippen LogP contribution < -0.4 is 0 Å². The van der Waals surface area contributed by atoms with E-state index in [0.717, 1.165) is 0 Å². The average molecular weight is 207 g/mol. The van der Waals surface area contributed by atoms with Crippen molar-refractivity contribution >= 4 is 12.4 Å². The second-order valence-corrected chi connectivity index (χ2v) is 3.25. The first-order valence-electron chi connectivity index (χ1n) is 2.38. The Hall–Kier alpha value is 0.653. The van der Waals surface area contributed by atoms with Crippen LogP contribution in [0, 0.1) is 0 Å². The molecule has 1 rings (SSSR count). The van der Waals surface area contributed by atoms with Crippen molar-refractivity contribution in [3.8, 4) is 0 Å². The molecule has 43 valence electrons. The molecular formula is C6H8ClZr. The van der Waals surface area contributed by atoms with E-state index >= 15 is 0 Å². The molecule has 0 saturated carbocycles. The molecule has 0 nitrogen and oxygen atoms in total. The molecule has 1 aliphatic carbocycles. The smallest absolute Gasteiger partial charge is 0.147 e. The maximum Gasteiger partial charge on any atom is -0.147 e. The Labute approximate surface area is 71.3 Å². The van der Waals surface area contributed by atoms with Crippen molar-refractivity contribution in [1.82, 2.24) is 0 Å². The normalized spacial score (nSPS) is 16.5. The minimum Gasteiger partial charge on any atom is -0.147 e. The van der Waals surface area contributed by atoms with Crippen LogP contribution in [-0.2, 0) is 24.7 Å². The van der Waals surface area contributed by atoms with Crippen molar-refractivity contribution in [2.75, 3.05) is 0 Å². The van der Waals surface area contributed by atoms with Gasteiger partial charge in [-0.3, -0.25) is 0 Å². The molecule has 0 aromatic carbocycles. The predicted octanol–water partition coefficient (Wildman–Crippen LogP) is 2.19. The Morgan fingerprint density at radius 3 is 2.38 bits per heavy atom. The molecule has 0 radical (unpaired) electrons. The van der Waals surface area contributed by atoms with Crippen molar-refractivity contribution in [2.24, 2.45) is 0 Å². The molecule has 8 heavy (non-hydrogen) atoms. The van der Waals surface area contributed by atoms with Gasteiger partial charge in [0, 0.05) is 0 Å². The van der Waals surface area contributed by atoms with Gasteiger partial charge in [-0.1, -0.05) is 0 Å². The molecule has 0 heterocycles. The summed E-state index contributed by atoms with van der Waals surface area (Å²) in [5.41, 5.74) is 1.48. The Bertz CT molecular complexity index is 135. The summed E-state index contributed by atoms with van der Waals surface area (Å²) >= 11 is 1.58. The Morgan fingerprint density at radius 2 is 2.25 bits per heavy atom. The fraction of sp³-hybridized carbons (Fsp3) is 0.333. The maximum atomic E-state index is 2.22. The number of hydrogen-bond donors (Lipinski definition) is 0. The largest absolute Gasteiger partial charge is 0.147 e. The molecule has 0 spiro atoms. The third-order valence-electron chi connectivity index (χ3n) is 1.17. The number of hydrogen-bond acceptors (Lipinski definition) is 0. The van der Waals surface area contributed by atoms with Gasteiger partial charge in [-0.15, -0.1) is 12.4 Å². The number of halogens is 1. The molecule has 0 aliphatic heterocycles. The van der Waals surface area contributed by atoms with Crippen LogP contribution in [0.4, 0.5) is 0 Å². The molecule has 0 aromatic heterocycles. The monoisotopic (exact) mass is 205 g/mol. The van der Waals surface area contributed by atoms with Crippen LogP contribution >= 0.6 is 12.4 Å². The summed E-state index contributed by atoms with van der Waals surface area (Å²) < 4.78 is 1.60. The van der Waals surface area contributed by atoms with E-state index in [1.807, 2.05) is 0 Å². The minimum absolute atomic E-state index is 0. The quantitative estimate of drug-likeness (QED) is 0.570. The van der Waals surface area contributed by atoms with Crippen molar-refractivity contribution < 1.29 is 24.7 Å². The van der Waals surface area contributed by atoms with Crippen molar-refractivity contribution in [3.05, 3.63) is 21.0 Å². The predicted molar refractivity (Wildman–Crippen MR) is 33.7 cm³/mol. The molecule has 0 bridgehead atoms. The molecule has 0 fully saturated rings. The van der Waals surface area contributed by atoms with Crippen LogP contribution in [0.15, 0.2) is 21.0 Å². The Morgan fingerprint density at radius 1 is 1.62 bits per heavy atom. The first-order chi connectivity index (χ1) is 3.30. The zero-order valence-electron chi connectivity index (χ0n) is 4.77. The van der Waals surface area contributed by atoms with Crippen molar-refractivity contribution in [3.63, 3.8) is 0 Å². The van der Waals surface area contributed by atoms with E-state index < -0.39 is 0 Å². The SMILES string of the molecule is CC1=[C]([Zr])CC=C1.Cl. The average Bonchev–Trinajstić information content (AvgIpc) is 1.91. The molecule has 0 N–H and O–H groups in total. The Kier molecular flexibility index (Phi) is 3.93.